The number of nitrogens with two attached hydrogens (primary N) is 1. The highest BCUT2D eigenvalue weighted by atomic mass is 79.9. The van der Waals surface area contributed by atoms with Crippen LogP contribution < -0.4 is 11.3 Å². The van der Waals surface area contributed by atoms with Gasteiger partial charge in [0, 0.05) is 9.35 Å². The number of halogens is 2. The molecule has 1 atom stereocenters. The summed E-state index contributed by atoms with van der Waals surface area (Å²) in [7, 11) is 0. The molecule has 96 valence electrons. The molecule has 0 aliphatic rings. The Kier molecular flexibility index (Phi) is 4.98. The molecule has 1 aromatic heterocycles. The molecule has 18 heavy (non-hydrogen) atoms. The van der Waals surface area contributed by atoms with Gasteiger partial charge < -0.3 is 0 Å². The van der Waals surface area contributed by atoms with Crippen LogP contribution in [0.3, 0.4) is 0 Å². The first-order chi connectivity index (χ1) is 8.60. The first-order valence-electron chi connectivity index (χ1n) is 5.56. The van der Waals surface area contributed by atoms with E-state index in [2.05, 4.69) is 62.4 Å². The molecule has 0 radical (unpaired) electrons. The Bertz CT molecular complexity index is 520. The van der Waals surface area contributed by atoms with E-state index in [1.165, 1.54) is 19.8 Å². The van der Waals surface area contributed by atoms with Crippen LogP contribution in [0.2, 0.25) is 0 Å². The minimum Gasteiger partial charge on any atom is -0.271 e. The highest BCUT2D eigenvalue weighted by molar-refractivity contribution is 9.11. The van der Waals surface area contributed by atoms with Crippen molar-refractivity contribution >= 4 is 43.2 Å². The minimum absolute atomic E-state index is 0.147. The molecule has 0 aliphatic carbocycles. The van der Waals surface area contributed by atoms with Gasteiger partial charge in [-0.25, -0.2) is 0 Å². The van der Waals surface area contributed by atoms with Crippen LogP contribution in [0.1, 0.15) is 22.0 Å². The summed E-state index contributed by atoms with van der Waals surface area (Å²) in [5.74, 6) is 5.68. The standard InChI is InChI=1S/C13H14Br2N2S/c1-8-5-12(18-13(8)15)11(17-16)7-9-3-2-4-10(14)6-9/h2-6,11,17H,7,16H2,1H3. The van der Waals surface area contributed by atoms with Gasteiger partial charge in [-0.1, -0.05) is 28.1 Å². The molecule has 3 N–H and O–H groups in total. The third-order valence-electron chi connectivity index (χ3n) is 2.75. The zero-order valence-electron chi connectivity index (χ0n) is 9.91. The Morgan fingerprint density at radius 3 is 2.67 bits per heavy atom. The fourth-order valence-electron chi connectivity index (χ4n) is 1.80. The summed E-state index contributed by atoms with van der Waals surface area (Å²) in [5.41, 5.74) is 5.41. The van der Waals surface area contributed by atoms with Crippen LogP contribution in [0.15, 0.2) is 38.6 Å². The number of aryl methyl sites for hydroxylation is 1. The first kappa shape index (κ1) is 14.2. The number of benzene rings is 1. The summed E-state index contributed by atoms with van der Waals surface area (Å²) in [6.45, 7) is 2.09. The predicted octanol–water partition coefficient (Wildman–Crippen LogP) is 4.33. The van der Waals surface area contributed by atoms with E-state index in [0.29, 0.717) is 0 Å². The van der Waals surface area contributed by atoms with Crippen molar-refractivity contribution in [3.8, 4) is 0 Å². The monoisotopic (exact) mass is 388 g/mol. The Balaban J connectivity index is 2.19. The lowest BCUT2D eigenvalue weighted by Gasteiger charge is -2.14. The van der Waals surface area contributed by atoms with Crippen LogP contribution in [-0.4, -0.2) is 0 Å². The number of hydrogen-bond acceptors (Lipinski definition) is 3. The maximum atomic E-state index is 5.68. The van der Waals surface area contributed by atoms with E-state index in [9.17, 15) is 0 Å². The maximum absolute atomic E-state index is 5.68. The number of rotatable bonds is 4. The lowest BCUT2D eigenvalue weighted by molar-refractivity contribution is 0.560. The van der Waals surface area contributed by atoms with Gasteiger partial charge >= 0.3 is 0 Å². The van der Waals surface area contributed by atoms with E-state index in [4.69, 9.17) is 5.84 Å². The molecule has 0 bridgehead atoms. The van der Waals surface area contributed by atoms with E-state index >= 15 is 0 Å². The third-order valence-corrected chi connectivity index (χ3v) is 5.49. The molecule has 0 spiro atoms. The molecule has 1 heterocycles. The van der Waals surface area contributed by atoms with Gasteiger partial charge in [0.25, 0.3) is 0 Å². The topological polar surface area (TPSA) is 38.0 Å². The Morgan fingerprint density at radius 2 is 2.11 bits per heavy atom. The van der Waals surface area contributed by atoms with Crippen LogP contribution in [-0.2, 0) is 6.42 Å². The number of thiophene rings is 1. The quantitative estimate of drug-likeness (QED) is 0.603. The predicted molar refractivity (Wildman–Crippen MR) is 84.7 cm³/mol. The molecule has 1 unspecified atom stereocenters. The normalized spacial score (nSPS) is 12.7. The van der Waals surface area contributed by atoms with Crippen molar-refractivity contribution in [3.63, 3.8) is 0 Å². The van der Waals surface area contributed by atoms with Gasteiger partial charge in [-0.05, 0) is 58.6 Å². The molecule has 2 nitrogen and oxygen atoms in total. The smallest absolute Gasteiger partial charge is 0.0731 e. The van der Waals surface area contributed by atoms with Crippen molar-refractivity contribution in [2.24, 2.45) is 5.84 Å². The Labute approximate surface area is 128 Å². The van der Waals surface area contributed by atoms with Crippen molar-refractivity contribution < 1.29 is 0 Å². The molecule has 2 aromatic rings. The van der Waals surface area contributed by atoms with Crippen molar-refractivity contribution in [2.45, 2.75) is 19.4 Å². The Hall–Kier alpha value is -0.200. The van der Waals surface area contributed by atoms with E-state index in [1.54, 1.807) is 11.3 Å². The lowest BCUT2D eigenvalue weighted by atomic mass is 10.1. The van der Waals surface area contributed by atoms with Gasteiger partial charge in [-0.2, -0.15) is 0 Å². The zero-order valence-corrected chi connectivity index (χ0v) is 13.9. The van der Waals surface area contributed by atoms with Gasteiger partial charge in [0.15, 0.2) is 0 Å². The second-order valence-corrected chi connectivity index (χ2v) is 7.48. The first-order valence-corrected chi connectivity index (χ1v) is 7.97. The average molecular weight is 390 g/mol. The van der Waals surface area contributed by atoms with Crippen LogP contribution >= 0.6 is 43.2 Å². The van der Waals surface area contributed by atoms with Crippen molar-refractivity contribution in [1.82, 2.24) is 5.43 Å². The molecule has 0 fully saturated rings. The number of hydrogen-bond donors (Lipinski definition) is 2. The summed E-state index contributed by atoms with van der Waals surface area (Å²) in [6, 6.07) is 10.6. The fraction of sp³-hybridized carbons (Fsp3) is 0.231. The summed E-state index contributed by atoms with van der Waals surface area (Å²) < 4.78 is 2.27. The van der Waals surface area contributed by atoms with Crippen LogP contribution in [0.4, 0.5) is 0 Å². The zero-order chi connectivity index (χ0) is 13.1. The molecule has 0 amide bonds. The van der Waals surface area contributed by atoms with Gasteiger partial charge in [0.1, 0.15) is 0 Å². The molecule has 5 heteroatoms. The highest BCUT2D eigenvalue weighted by Crippen LogP contribution is 2.32. The van der Waals surface area contributed by atoms with Crippen LogP contribution in [0, 0.1) is 6.92 Å². The minimum atomic E-state index is 0.147. The average Bonchev–Trinajstić information content (AvgIpc) is 2.66. The van der Waals surface area contributed by atoms with Gasteiger partial charge in [0.05, 0.1) is 9.83 Å². The van der Waals surface area contributed by atoms with Crippen molar-refractivity contribution in [2.75, 3.05) is 0 Å². The molecule has 2 rings (SSSR count). The van der Waals surface area contributed by atoms with Gasteiger partial charge in [0.2, 0.25) is 0 Å². The Morgan fingerprint density at radius 1 is 1.33 bits per heavy atom. The third kappa shape index (κ3) is 3.42. The number of nitrogens with one attached hydrogen (secondary N) is 1. The summed E-state index contributed by atoms with van der Waals surface area (Å²) in [6.07, 6.45) is 0.877. The summed E-state index contributed by atoms with van der Waals surface area (Å²) >= 11 is 8.78. The van der Waals surface area contributed by atoms with Crippen molar-refractivity contribution in [3.05, 3.63) is 54.6 Å². The molecule has 0 saturated carbocycles. The SMILES string of the molecule is Cc1cc(C(Cc2cccc(Br)c2)NN)sc1Br. The second-order valence-electron chi connectivity index (χ2n) is 4.16. The largest absolute Gasteiger partial charge is 0.271 e. The molecular weight excluding hydrogens is 376 g/mol. The fourth-order valence-corrected chi connectivity index (χ4v) is 3.87. The highest BCUT2D eigenvalue weighted by Gasteiger charge is 2.14. The van der Waals surface area contributed by atoms with E-state index in [0.717, 1.165) is 10.9 Å². The summed E-state index contributed by atoms with van der Waals surface area (Å²) in [4.78, 5) is 1.25. The molecule has 0 saturated heterocycles. The lowest BCUT2D eigenvalue weighted by Crippen LogP contribution is -2.28. The van der Waals surface area contributed by atoms with Crippen LogP contribution in [0.5, 0.6) is 0 Å². The number of hydrazine groups is 1. The molecule has 1 aromatic carbocycles. The van der Waals surface area contributed by atoms with Crippen molar-refractivity contribution in [1.29, 1.82) is 0 Å². The second kappa shape index (κ2) is 6.30. The molecular formula is C13H14Br2N2S. The van der Waals surface area contributed by atoms with E-state index in [1.807, 2.05) is 12.1 Å². The molecule has 0 aliphatic heterocycles. The van der Waals surface area contributed by atoms with E-state index in [-0.39, 0.29) is 6.04 Å². The summed E-state index contributed by atoms with van der Waals surface area (Å²) in [5, 5.41) is 0. The maximum Gasteiger partial charge on any atom is 0.0731 e. The van der Waals surface area contributed by atoms with Gasteiger partial charge in [-0.15, -0.1) is 11.3 Å². The van der Waals surface area contributed by atoms with Crippen LogP contribution in [0.25, 0.3) is 0 Å². The van der Waals surface area contributed by atoms with Gasteiger partial charge in [-0.3, -0.25) is 11.3 Å². The van der Waals surface area contributed by atoms with E-state index < -0.39 is 0 Å².